The van der Waals surface area contributed by atoms with Crippen molar-refractivity contribution in [3.05, 3.63) is 21.3 Å². The Kier molecular flexibility index (Phi) is 6.53. The molecule has 0 saturated carbocycles. The molecule has 0 bridgehead atoms. The second-order valence-corrected chi connectivity index (χ2v) is 8.03. The van der Waals surface area contributed by atoms with Gasteiger partial charge in [-0.25, -0.2) is 0 Å². The molecule has 0 aliphatic carbocycles. The van der Waals surface area contributed by atoms with Crippen LogP contribution < -0.4 is 10.6 Å². The highest BCUT2D eigenvalue weighted by Gasteiger charge is 2.31. The highest BCUT2D eigenvalue weighted by atomic mass is 35.5. The molecule has 1 fully saturated rings. The van der Waals surface area contributed by atoms with Gasteiger partial charge < -0.3 is 10.6 Å². The zero-order chi connectivity index (χ0) is 16.1. The highest BCUT2D eigenvalue weighted by molar-refractivity contribution is 7.16. The number of rotatable bonds is 5. The summed E-state index contributed by atoms with van der Waals surface area (Å²) >= 11 is 7.60. The number of halogens is 1. The quantitative estimate of drug-likeness (QED) is 0.638. The summed E-state index contributed by atoms with van der Waals surface area (Å²) in [6, 6.07) is 5.11. The number of likely N-dealkylation sites (tertiary alicyclic amines) is 1. The van der Waals surface area contributed by atoms with Gasteiger partial charge in [0, 0.05) is 43.6 Å². The molecule has 1 aromatic heterocycles. The van der Waals surface area contributed by atoms with Crippen LogP contribution in [0.3, 0.4) is 0 Å². The molecule has 2 unspecified atom stereocenters. The maximum atomic E-state index is 5.96. The third-order valence-electron chi connectivity index (χ3n) is 4.21. The van der Waals surface area contributed by atoms with Gasteiger partial charge in [-0.05, 0) is 38.3 Å². The van der Waals surface area contributed by atoms with Crippen LogP contribution in [0.2, 0.25) is 4.34 Å². The molecular formula is C16H27ClN4S. The Morgan fingerprint density at radius 3 is 2.77 bits per heavy atom. The van der Waals surface area contributed by atoms with Crippen molar-refractivity contribution in [2.75, 3.05) is 26.7 Å². The van der Waals surface area contributed by atoms with Gasteiger partial charge in [0.25, 0.3) is 0 Å². The Bertz CT molecular complexity index is 500. The topological polar surface area (TPSA) is 39.7 Å². The Morgan fingerprint density at radius 2 is 2.23 bits per heavy atom. The van der Waals surface area contributed by atoms with Crippen molar-refractivity contribution in [1.29, 1.82) is 0 Å². The molecule has 1 aromatic rings. The van der Waals surface area contributed by atoms with Crippen LogP contribution in [0.4, 0.5) is 0 Å². The van der Waals surface area contributed by atoms with Crippen molar-refractivity contribution in [3.8, 4) is 0 Å². The molecule has 4 nitrogen and oxygen atoms in total. The summed E-state index contributed by atoms with van der Waals surface area (Å²) in [5.41, 5.74) is 0. The van der Waals surface area contributed by atoms with E-state index >= 15 is 0 Å². The summed E-state index contributed by atoms with van der Waals surface area (Å²) in [7, 11) is 1.83. The lowest BCUT2D eigenvalue weighted by atomic mass is 10.1. The number of aliphatic imine (C=N–C) groups is 1. The average molecular weight is 343 g/mol. The van der Waals surface area contributed by atoms with Gasteiger partial charge in [0.15, 0.2) is 5.96 Å². The van der Waals surface area contributed by atoms with Gasteiger partial charge in [0.05, 0.1) is 4.34 Å². The maximum Gasteiger partial charge on any atom is 0.191 e. The zero-order valence-corrected chi connectivity index (χ0v) is 15.5. The van der Waals surface area contributed by atoms with Crippen molar-refractivity contribution >= 4 is 28.9 Å². The molecule has 0 radical (unpaired) electrons. The van der Waals surface area contributed by atoms with Gasteiger partial charge >= 0.3 is 0 Å². The van der Waals surface area contributed by atoms with Crippen molar-refractivity contribution in [3.63, 3.8) is 0 Å². The fourth-order valence-electron chi connectivity index (χ4n) is 2.77. The molecule has 2 rings (SSSR count). The number of hydrogen-bond donors (Lipinski definition) is 2. The van der Waals surface area contributed by atoms with Gasteiger partial charge in [0.1, 0.15) is 0 Å². The Balaban J connectivity index is 1.77. The van der Waals surface area contributed by atoms with Crippen LogP contribution in [0, 0.1) is 5.92 Å². The van der Waals surface area contributed by atoms with Gasteiger partial charge in [-0.3, -0.25) is 9.89 Å². The first-order valence-corrected chi connectivity index (χ1v) is 9.14. The smallest absolute Gasteiger partial charge is 0.191 e. The summed E-state index contributed by atoms with van der Waals surface area (Å²) < 4.78 is 0.853. The van der Waals surface area contributed by atoms with E-state index in [1.807, 2.05) is 13.1 Å². The summed E-state index contributed by atoms with van der Waals surface area (Å²) in [6.45, 7) is 9.93. The van der Waals surface area contributed by atoms with Crippen molar-refractivity contribution in [2.24, 2.45) is 10.9 Å². The normalized spacial score (nSPS) is 23.3. The fourth-order valence-corrected chi connectivity index (χ4v) is 3.86. The Labute approximate surface area is 143 Å². The Morgan fingerprint density at radius 1 is 1.45 bits per heavy atom. The lowest BCUT2D eigenvalue weighted by Gasteiger charge is -2.21. The minimum absolute atomic E-state index is 0.463. The minimum Gasteiger partial charge on any atom is -0.356 e. The van der Waals surface area contributed by atoms with E-state index in [2.05, 4.69) is 47.4 Å². The van der Waals surface area contributed by atoms with Crippen LogP contribution in [-0.2, 0) is 6.42 Å². The second kappa shape index (κ2) is 8.18. The molecule has 0 aromatic carbocycles. The van der Waals surface area contributed by atoms with Crippen LogP contribution in [0.25, 0.3) is 0 Å². The molecule has 1 aliphatic rings. The monoisotopic (exact) mass is 342 g/mol. The van der Waals surface area contributed by atoms with Crippen LogP contribution in [0.1, 0.15) is 25.6 Å². The van der Waals surface area contributed by atoms with Gasteiger partial charge in [-0.2, -0.15) is 0 Å². The van der Waals surface area contributed by atoms with Crippen LogP contribution in [0.15, 0.2) is 17.1 Å². The van der Waals surface area contributed by atoms with E-state index in [0.29, 0.717) is 18.0 Å². The standard InChI is InChI=1S/C16H27ClN4S/c1-11(2)21-9-12(3)14(10-21)20-16(18-4)19-8-7-13-5-6-15(17)22-13/h5-6,11-12,14H,7-10H2,1-4H3,(H2,18,19,20). The lowest BCUT2D eigenvalue weighted by Crippen LogP contribution is -2.47. The van der Waals surface area contributed by atoms with Crippen LogP contribution in [-0.4, -0.2) is 49.6 Å². The molecule has 1 saturated heterocycles. The molecule has 6 heteroatoms. The number of hydrogen-bond acceptors (Lipinski definition) is 3. The highest BCUT2D eigenvalue weighted by Crippen LogP contribution is 2.21. The zero-order valence-electron chi connectivity index (χ0n) is 13.9. The van der Waals surface area contributed by atoms with E-state index in [-0.39, 0.29) is 0 Å². The largest absolute Gasteiger partial charge is 0.356 e. The molecule has 1 aliphatic heterocycles. The summed E-state index contributed by atoms with van der Waals surface area (Å²) in [4.78, 5) is 8.16. The van der Waals surface area contributed by atoms with E-state index in [0.717, 1.165) is 36.4 Å². The molecule has 124 valence electrons. The first kappa shape index (κ1) is 17.6. The van der Waals surface area contributed by atoms with E-state index in [4.69, 9.17) is 11.6 Å². The van der Waals surface area contributed by atoms with Crippen molar-refractivity contribution in [1.82, 2.24) is 15.5 Å². The maximum absolute atomic E-state index is 5.96. The van der Waals surface area contributed by atoms with Crippen LogP contribution in [0.5, 0.6) is 0 Å². The number of thiophene rings is 1. The molecule has 2 N–H and O–H groups in total. The first-order chi connectivity index (χ1) is 10.5. The molecule has 0 spiro atoms. The molecular weight excluding hydrogens is 316 g/mol. The molecule has 22 heavy (non-hydrogen) atoms. The molecule has 2 heterocycles. The van der Waals surface area contributed by atoms with Gasteiger partial charge in [0.2, 0.25) is 0 Å². The number of guanidine groups is 1. The number of nitrogens with zero attached hydrogens (tertiary/aromatic N) is 2. The summed E-state index contributed by atoms with van der Waals surface area (Å²) in [5, 5.41) is 6.97. The van der Waals surface area contributed by atoms with Crippen molar-refractivity contribution in [2.45, 2.75) is 39.3 Å². The summed E-state index contributed by atoms with van der Waals surface area (Å²) in [5.74, 6) is 1.53. The average Bonchev–Trinajstić information content (AvgIpc) is 3.04. The minimum atomic E-state index is 0.463. The van der Waals surface area contributed by atoms with Gasteiger partial charge in [-0.15, -0.1) is 11.3 Å². The molecule has 0 amide bonds. The van der Waals surface area contributed by atoms with E-state index in [1.54, 1.807) is 11.3 Å². The fraction of sp³-hybridized carbons (Fsp3) is 0.688. The molecule has 2 atom stereocenters. The lowest BCUT2D eigenvalue weighted by molar-refractivity contribution is 0.265. The predicted molar refractivity (Wildman–Crippen MR) is 97.2 cm³/mol. The van der Waals surface area contributed by atoms with E-state index in [9.17, 15) is 0 Å². The third-order valence-corrected chi connectivity index (χ3v) is 5.50. The van der Waals surface area contributed by atoms with Crippen LogP contribution >= 0.6 is 22.9 Å². The second-order valence-electron chi connectivity index (χ2n) is 6.23. The predicted octanol–water partition coefficient (Wildman–Crippen LogP) is 2.84. The first-order valence-electron chi connectivity index (χ1n) is 7.95. The van der Waals surface area contributed by atoms with Gasteiger partial charge in [-0.1, -0.05) is 18.5 Å². The van der Waals surface area contributed by atoms with E-state index in [1.165, 1.54) is 4.88 Å². The number of nitrogens with one attached hydrogen (secondary N) is 2. The Hall–Kier alpha value is -0.780. The van der Waals surface area contributed by atoms with Crippen molar-refractivity contribution < 1.29 is 0 Å². The SMILES string of the molecule is CN=C(NCCc1ccc(Cl)s1)NC1CN(C(C)C)CC1C. The van der Waals surface area contributed by atoms with E-state index < -0.39 is 0 Å². The summed E-state index contributed by atoms with van der Waals surface area (Å²) in [6.07, 6.45) is 0.969. The third kappa shape index (κ3) is 4.86.